The summed E-state index contributed by atoms with van der Waals surface area (Å²) in [6, 6.07) is 7.66. The van der Waals surface area contributed by atoms with E-state index < -0.39 is 30.3 Å². The van der Waals surface area contributed by atoms with Crippen molar-refractivity contribution in [2.45, 2.75) is 18.9 Å². The first-order valence-corrected chi connectivity index (χ1v) is 9.48. The van der Waals surface area contributed by atoms with Crippen LogP contribution in [0.25, 0.3) is 22.6 Å². The molecule has 174 valence electrons. The quantitative estimate of drug-likeness (QED) is 0.329. The van der Waals surface area contributed by atoms with Gasteiger partial charge in [0.15, 0.2) is 18.0 Å². The second kappa shape index (κ2) is 8.46. The number of hydrogen-bond acceptors (Lipinski definition) is 6. The molecule has 7 nitrogen and oxygen atoms in total. The minimum Gasteiger partial charge on any atom is -0.483 e. The molecular weight excluding hydrogens is 480 g/mol. The lowest BCUT2D eigenvalue weighted by Gasteiger charge is -2.17. The highest BCUT2D eigenvalue weighted by Crippen LogP contribution is 2.39. The van der Waals surface area contributed by atoms with Gasteiger partial charge in [-0.3, -0.25) is 0 Å². The summed E-state index contributed by atoms with van der Waals surface area (Å²) in [5.41, 5.74) is -0.509. The van der Waals surface area contributed by atoms with Gasteiger partial charge < -0.3 is 14.5 Å². The van der Waals surface area contributed by atoms with Crippen molar-refractivity contribution in [3.05, 3.63) is 52.5 Å². The summed E-state index contributed by atoms with van der Waals surface area (Å²) in [6.07, 6.45) is -9.69. The molecule has 0 unspecified atom stereocenters. The second-order valence-electron chi connectivity index (χ2n) is 6.77. The Hall–Kier alpha value is -3.48. The van der Waals surface area contributed by atoms with Crippen LogP contribution >= 0.6 is 11.6 Å². The van der Waals surface area contributed by atoms with E-state index in [1.54, 1.807) is 18.2 Å². The minimum atomic E-state index is -4.92. The van der Waals surface area contributed by atoms with Gasteiger partial charge in [-0.15, -0.1) is 10.2 Å². The fraction of sp³-hybridized carbons (Fsp3) is 0.211. The summed E-state index contributed by atoms with van der Waals surface area (Å²) in [4.78, 5) is 0. The van der Waals surface area contributed by atoms with Crippen molar-refractivity contribution >= 4 is 28.3 Å². The summed E-state index contributed by atoms with van der Waals surface area (Å²) < 4.78 is 87.0. The van der Waals surface area contributed by atoms with Crippen LogP contribution in [0.3, 0.4) is 0 Å². The van der Waals surface area contributed by atoms with E-state index in [0.717, 1.165) is 6.07 Å². The Morgan fingerprint density at radius 1 is 1.06 bits per heavy atom. The Morgan fingerprint density at radius 2 is 1.85 bits per heavy atom. The Morgan fingerprint density at radius 3 is 2.52 bits per heavy atom. The first-order chi connectivity index (χ1) is 15.5. The van der Waals surface area contributed by atoms with Crippen LogP contribution in [0, 0.1) is 0 Å². The third-order valence-electron chi connectivity index (χ3n) is 4.43. The molecule has 0 saturated heterocycles. The fourth-order valence-electron chi connectivity index (χ4n) is 2.97. The highest BCUT2D eigenvalue weighted by Gasteiger charge is 2.36. The number of rotatable bonds is 6. The summed E-state index contributed by atoms with van der Waals surface area (Å²) >= 11 is 6.39. The number of alkyl halides is 6. The van der Waals surface area contributed by atoms with Crippen LogP contribution in [0.2, 0.25) is 5.02 Å². The highest BCUT2D eigenvalue weighted by molar-refractivity contribution is 6.35. The molecule has 2 heterocycles. The van der Waals surface area contributed by atoms with E-state index in [0.29, 0.717) is 28.4 Å². The van der Waals surface area contributed by atoms with E-state index in [2.05, 4.69) is 30.7 Å². The maximum Gasteiger partial charge on any atom is 0.422 e. The predicted molar refractivity (Wildman–Crippen MR) is 105 cm³/mol. The molecule has 0 radical (unpaired) electrons. The van der Waals surface area contributed by atoms with Gasteiger partial charge in [0.1, 0.15) is 5.75 Å². The molecule has 14 heteroatoms. The largest absolute Gasteiger partial charge is 0.483 e. The zero-order valence-electron chi connectivity index (χ0n) is 16.2. The van der Waals surface area contributed by atoms with E-state index in [1.165, 1.54) is 6.07 Å². The molecule has 4 aromatic rings. The van der Waals surface area contributed by atoms with Crippen LogP contribution in [0.1, 0.15) is 11.1 Å². The maximum absolute atomic E-state index is 13.3. The Bertz CT molecular complexity index is 1270. The van der Waals surface area contributed by atoms with E-state index >= 15 is 0 Å². The van der Waals surface area contributed by atoms with Crippen molar-refractivity contribution < 1.29 is 35.5 Å². The molecule has 0 aliphatic carbocycles. The summed E-state index contributed by atoms with van der Waals surface area (Å²) in [6.45, 7) is -1.83. The minimum absolute atomic E-state index is 0.00442. The van der Waals surface area contributed by atoms with E-state index in [4.69, 9.17) is 16.0 Å². The number of nitrogens with zero attached hydrogens (tertiary/aromatic N) is 3. The summed E-state index contributed by atoms with van der Waals surface area (Å²) in [5.74, 6) is -0.390. The van der Waals surface area contributed by atoms with Crippen molar-refractivity contribution in [2.75, 3.05) is 11.9 Å². The first kappa shape index (κ1) is 22.7. The smallest absolute Gasteiger partial charge is 0.422 e. The predicted octanol–water partition coefficient (Wildman–Crippen LogP) is 5.84. The SMILES string of the molecule is FC(F)(F)COc1ccc(NCc2ccc3cc(-c4nn[nH]n4)oc3c2Cl)cc1C(F)(F)F. The molecular formula is C19H12ClF6N5O2. The molecule has 0 saturated carbocycles. The van der Waals surface area contributed by atoms with Gasteiger partial charge in [0.25, 0.3) is 0 Å². The zero-order valence-corrected chi connectivity index (χ0v) is 16.9. The third kappa shape index (κ3) is 5.13. The van der Waals surface area contributed by atoms with Gasteiger partial charge in [-0.2, -0.15) is 31.6 Å². The Labute approximate surface area is 185 Å². The lowest BCUT2D eigenvalue weighted by Crippen LogP contribution is -2.21. The number of aromatic amines is 1. The number of aromatic nitrogens is 4. The van der Waals surface area contributed by atoms with Gasteiger partial charge in [-0.1, -0.05) is 23.7 Å². The number of halogens is 7. The van der Waals surface area contributed by atoms with Crippen LogP contribution in [0.4, 0.5) is 32.0 Å². The molecule has 2 aromatic heterocycles. The van der Waals surface area contributed by atoms with Crippen LogP contribution in [0.5, 0.6) is 5.75 Å². The normalized spacial score (nSPS) is 12.3. The number of tetrazole rings is 1. The van der Waals surface area contributed by atoms with E-state index in [-0.39, 0.29) is 23.1 Å². The topological polar surface area (TPSA) is 88.9 Å². The second-order valence-corrected chi connectivity index (χ2v) is 7.15. The molecule has 0 bridgehead atoms. The molecule has 0 aliphatic heterocycles. The number of ether oxygens (including phenoxy) is 1. The maximum atomic E-state index is 13.3. The van der Waals surface area contributed by atoms with E-state index in [9.17, 15) is 26.3 Å². The molecule has 0 spiro atoms. The molecule has 0 fully saturated rings. The van der Waals surface area contributed by atoms with Crippen molar-refractivity contribution in [3.8, 4) is 17.3 Å². The van der Waals surface area contributed by atoms with Gasteiger partial charge in [-0.05, 0) is 35.0 Å². The molecule has 2 aromatic carbocycles. The van der Waals surface area contributed by atoms with Crippen molar-refractivity contribution in [3.63, 3.8) is 0 Å². The molecule has 33 heavy (non-hydrogen) atoms. The fourth-order valence-corrected chi connectivity index (χ4v) is 3.24. The number of hydrogen-bond donors (Lipinski definition) is 2. The van der Waals surface area contributed by atoms with Gasteiger partial charge >= 0.3 is 12.4 Å². The van der Waals surface area contributed by atoms with Crippen molar-refractivity contribution in [1.29, 1.82) is 0 Å². The molecule has 0 aliphatic rings. The average Bonchev–Trinajstić information content (AvgIpc) is 3.41. The van der Waals surface area contributed by atoms with Gasteiger partial charge in [-0.25, -0.2) is 0 Å². The zero-order chi connectivity index (χ0) is 23.8. The molecule has 2 N–H and O–H groups in total. The standard InChI is InChI=1S/C19H12ClF6N5O2/c20-15-10(2-1-9-5-14(33-16(9)15)17-28-30-31-29-17)7-27-11-3-4-13(32-8-18(21,22)23)12(6-11)19(24,25)26/h1-6,27H,7-8H2,(H,28,29,30,31). The lowest BCUT2D eigenvalue weighted by molar-refractivity contribution is -0.158. The number of benzene rings is 2. The Kier molecular flexibility index (Phi) is 5.82. The van der Waals surface area contributed by atoms with Crippen LogP contribution in [-0.4, -0.2) is 33.4 Å². The van der Waals surface area contributed by atoms with Crippen LogP contribution in [0.15, 0.2) is 40.8 Å². The van der Waals surface area contributed by atoms with E-state index in [1.807, 2.05) is 0 Å². The molecule has 0 amide bonds. The van der Waals surface area contributed by atoms with Crippen LogP contribution in [-0.2, 0) is 12.7 Å². The van der Waals surface area contributed by atoms with Crippen molar-refractivity contribution in [2.24, 2.45) is 0 Å². The van der Waals surface area contributed by atoms with Gasteiger partial charge in [0.2, 0.25) is 5.82 Å². The van der Waals surface area contributed by atoms with Crippen LogP contribution < -0.4 is 10.1 Å². The third-order valence-corrected chi connectivity index (χ3v) is 4.85. The average molecular weight is 492 g/mol. The summed E-state index contributed by atoms with van der Waals surface area (Å²) in [7, 11) is 0. The van der Waals surface area contributed by atoms with Gasteiger partial charge in [0.05, 0.1) is 10.6 Å². The monoisotopic (exact) mass is 491 g/mol. The lowest BCUT2D eigenvalue weighted by atomic mass is 10.1. The first-order valence-electron chi connectivity index (χ1n) is 9.11. The number of furan rings is 1. The Balaban J connectivity index is 1.55. The number of fused-ring (bicyclic) bond motifs is 1. The number of H-pyrrole nitrogens is 1. The highest BCUT2D eigenvalue weighted by atomic mass is 35.5. The molecule has 0 atom stereocenters. The van der Waals surface area contributed by atoms with Gasteiger partial charge in [0, 0.05) is 17.6 Å². The number of anilines is 1. The summed E-state index contributed by atoms with van der Waals surface area (Å²) in [5, 5.41) is 17.0. The number of nitrogens with one attached hydrogen (secondary N) is 2. The van der Waals surface area contributed by atoms with Crippen molar-refractivity contribution in [1.82, 2.24) is 20.6 Å². The molecule has 4 rings (SSSR count).